The SMILES string of the molecule is CN(C)c1c(Br)cc(C(=O)C2CN3CCC2CC3)cc1Br. The van der Waals surface area contributed by atoms with Gasteiger partial charge in [-0.05, 0) is 75.8 Å². The van der Waals surface area contributed by atoms with Gasteiger partial charge >= 0.3 is 0 Å². The molecule has 0 radical (unpaired) electrons. The van der Waals surface area contributed by atoms with Crippen molar-refractivity contribution >= 4 is 43.3 Å². The van der Waals surface area contributed by atoms with Gasteiger partial charge in [-0.3, -0.25) is 4.79 Å². The van der Waals surface area contributed by atoms with Crippen molar-refractivity contribution in [2.75, 3.05) is 38.6 Å². The summed E-state index contributed by atoms with van der Waals surface area (Å²) in [5, 5.41) is 0. The molecule has 3 fully saturated rings. The van der Waals surface area contributed by atoms with E-state index in [1.807, 2.05) is 31.1 Å². The first-order chi connectivity index (χ1) is 9.97. The lowest BCUT2D eigenvalue weighted by molar-refractivity contribution is 0.0419. The molecule has 4 rings (SSSR count). The molecule has 0 aliphatic carbocycles. The van der Waals surface area contributed by atoms with Crippen LogP contribution in [0.4, 0.5) is 5.69 Å². The van der Waals surface area contributed by atoms with E-state index in [1.165, 1.54) is 25.9 Å². The van der Waals surface area contributed by atoms with Gasteiger partial charge in [-0.15, -0.1) is 0 Å². The highest BCUT2D eigenvalue weighted by Gasteiger charge is 2.38. The van der Waals surface area contributed by atoms with Crippen molar-refractivity contribution in [1.82, 2.24) is 4.90 Å². The standard InChI is InChI=1S/C16H20Br2N2O/c1-19(2)15-13(17)7-11(8-14(15)18)16(21)12-9-20-5-3-10(12)4-6-20/h7-8,10,12H,3-6,9H2,1-2H3. The van der Waals surface area contributed by atoms with E-state index in [-0.39, 0.29) is 5.92 Å². The van der Waals surface area contributed by atoms with Crippen LogP contribution in [0, 0.1) is 11.8 Å². The van der Waals surface area contributed by atoms with Crippen LogP contribution in [0.15, 0.2) is 21.1 Å². The summed E-state index contributed by atoms with van der Waals surface area (Å²) in [5.41, 5.74) is 1.89. The number of carbonyl (C=O) groups excluding carboxylic acids is 1. The Kier molecular flexibility index (Phi) is 4.44. The molecule has 21 heavy (non-hydrogen) atoms. The van der Waals surface area contributed by atoms with Gasteiger partial charge in [-0.1, -0.05) is 0 Å². The molecule has 3 aliphatic rings. The number of benzene rings is 1. The number of nitrogens with zero attached hydrogens (tertiary/aromatic N) is 2. The van der Waals surface area contributed by atoms with E-state index in [0.29, 0.717) is 11.7 Å². The number of halogens is 2. The first kappa shape index (κ1) is 15.5. The van der Waals surface area contributed by atoms with Crippen molar-refractivity contribution in [2.24, 2.45) is 11.8 Å². The Balaban J connectivity index is 1.88. The molecular weight excluding hydrogens is 396 g/mol. The Labute approximate surface area is 142 Å². The van der Waals surface area contributed by atoms with E-state index in [2.05, 4.69) is 36.8 Å². The molecular formula is C16H20Br2N2O. The van der Waals surface area contributed by atoms with Gasteiger partial charge in [-0.2, -0.15) is 0 Å². The minimum atomic E-state index is 0.177. The smallest absolute Gasteiger partial charge is 0.167 e. The van der Waals surface area contributed by atoms with E-state index in [4.69, 9.17) is 0 Å². The van der Waals surface area contributed by atoms with Gasteiger partial charge in [0.2, 0.25) is 0 Å². The Morgan fingerprint density at radius 1 is 1.19 bits per heavy atom. The fourth-order valence-corrected chi connectivity index (χ4v) is 5.51. The van der Waals surface area contributed by atoms with Crippen LogP contribution < -0.4 is 4.90 Å². The first-order valence-electron chi connectivity index (χ1n) is 7.40. The van der Waals surface area contributed by atoms with Crippen molar-refractivity contribution in [3.63, 3.8) is 0 Å². The molecule has 5 heteroatoms. The quantitative estimate of drug-likeness (QED) is 0.701. The summed E-state index contributed by atoms with van der Waals surface area (Å²) in [4.78, 5) is 17.4. The van der Waals surface area contributed by atoms with Crippen LogP contribution in [-0.4, -0.2) is 44.4 Å². The average Bonchev–Trinajstić information content (AvgIpc) is 2.46. The maximum Gasteiger partial charge on any atom is 0.167 e. The monoisotopic (exact) mass is 414 g/mol. The predicted octanol–water partition coefficient (Wildman–Crippen LogP) is 3.80. The van der Waals surface area contributed by atoms with Crippen molar-refractivity contribution in [3.05, 3.63) is 26.6 Å². The van der Waals surface area contributed by atoms with Crippen molar-refractivity contribution in [1.29, 1.82) is 0 Å². The lowest BCUT2D eigenvalue weighted by Crippen LogP contribution is -2.50. The fraction of sp³-hybridized carbons (Fsp3) is 0.562. The zero-order chi connectivity index (χ0) is 15.1. The lowest BCUT2D eigenvalue weighted by Gasteiger charge is -2.44. The number of Topliss-reactive ketones (excluding diaryl/α,β-unsaturated/α-hetero) is 1. The van der Waals surface area contributed by atoms with Crippen LogP contribution >= 0.6 is 31.9 Å². The van der Waals surface area contributed by atoms with Gasteiger partial charge < -0.3 is 9.80 Å². The first-order valence-corrected chi connectivity index (χ1v) is 8.99. The third-order valence-corrected chi connectivity index (χ3v) is 5.95. The molecule has 2 bridgehead atoms. The Bertz CT molecular complexity index is 542. The van der Waals surface area contributed by atoms with Crippen LogP contribution in [0.25, 0.3) is 0 Å². The van der Waals surface area contributed by atoms with Gasteiger partial charge in [0.25, 0.3) is 0 Å². The molecule has 114 valence electrons. The van der Waals surface area contributed by atoms with Crippen molar-refractivity contribution in [3.8, 4) is 0 Å². The molecule has 3 heterocycles. The van der Waals surface area contributed by atoms with Gasteiger partial charge in [0, 0.05) is 41.1 Å². The van der Waals surface area contributed by atoms with Crippen LogP contribution in [0.3, 0.4) is 0 Å². The van der Waals surface area contributed by atoms with Crippen molar-refractivity contribution < 1.29 is 4.79 Å². The molecule has 1 aromatic rings. The second-order valence-corrected chi connectivity index (χ2v) is 8.00. The van der Waals surface area contributed by atoms with Crippen LogP contribution in [0.1, 0.15) is 23.2 Å². The van der Waals surface area contributed by atoms with E-state index < -0.39 is 0 Å². The third-order valence-electron chi connectivity index (χ3n) is 4.74. The zero-order valence-corrected chi connectivity index (χ0v) is 15.6. The highest BCUT2D eigenvalue weighted by atomic mass is 79.9. The maximum absolute atomic E-state index is 12.9. The summed E-state index contributed by atoms with van der Waals surface area (Å²) in [7, 11) is 4.00. The summed E-state index contributed by atoms with van der Waals surface area (Å²) < 4.78 is 1.93. The molecule has 1 aromatic carbocycles. The number of carbonyl (C=O) groups is 1. The topological polar surface area (TPSA) is 23.6 Å². The van der Waals surface area contributed by atoms with Crippen LogP contribution in [0.5, 0.6) is 0 Å². The van der Waals surface area contributed by atoms with Gasteiger partial charge in [0.05, 0.1) is 5.69 Å². The Morgan fingerprint density at radius 2 is 1.76 bits per heavy atom. The summed E-state index contributed by atoms with van der Waals surface area (Å²) in [6.07, 6.45) is 2.35. The number of anilines is 1. The molecule has 3 nitrogen and oxygen atoms in total. The highest BCUT2D eigenvalue weighted by Crippen LogP contribution is 2.38. The molecule has 3 saturated heterocycles. The average molecular weight is 416 g/mol. The molecule has 1 unspecified atom stereocenters. The zero-order valence-electron chi connectivity index (χ0n) is 12.4. The molecule has 3 aliphatic heterocycles. The van der Waals surface area contributed by atoms with E-state index >= 15 is 0 Å². The summed E-state index contributed by atoms with van der Waals surface area (Å²) >= 11 is 7.20. The number of ketones is 1. The van der Waals surface area contributed by atoms with E-state index in [1.54, 1.807) is 0 Å². The molecule has 0 saturated carbocycles. The highest BCUT2D eigenvalue weighted by molar-refractivity contribution is 9.11. The number of hydrogen-bond donors (Lipinski definition) is 0. The van der Waals surface area contributed by atoms with Gasteiger partial charge in [0.15, 0.2) is 5.78 Å². The molecule has 1 atom stereocenters. The predicted molar refractivity (Wildman–Crippen MR) is 93.2 cm³/mol. The van der Waals surface area contributed by atoms with Crippen LogP contribution in [0.2, 0.25) is 0 Å². The van der Waals surface area contributed by atoms with Crippen molar-refractivity contribution in [2.45, 2.75) is 12.8 Å². The second-order valence-electron chi connectivity index (χ2n) is 6.29. The number of fused-ring (bicyclic) bond motifs is 3. The van der Waals surface area contributed by atoms with E-state index in [9.17, 15) is 4.79 Å². The van der Waals surface area contributed by atoms with E-state index in [0.717, 1.165) is 26.7 Å². The van der Waals surface area contributed by atoms with Gasteiger partial charge in [0.1, 0.15) is 0 Å². The molecule has 0 aromatic heterocycles. The summed E-state index contributed by atoms with van der Waals surface area (Å²) in [6, 6.07) is 3.94. The molecule has 0 N–H and O–H groups in total. The Morgan fingerprint density at radius 3 is 2.19 bits per heavy atom. The maximum atomic E-state index is 12.9. The third kappa shape index (κ3) is 2.92. The second kappa shape index (κ2) is 6.01. The number of rotatable bonds is 3. The van der Waals surface area contributed by atoms with Crippen LogP contribution in [-0.2, 0) is 0 Å². The number of piperidine rings is 3. The summed E-state index contributed by atoms with van der Waals surface area (Å²) in [5.74, 6) is 1.06. The largest absolute Gasteiger partial charge is 0.376 e. The summed E-state index contributed by atoms with van der Waals surface area (Å²) in [6.45, 7) is 3.27. The minimum absolute atomic E-state index is 0.177. The molecule has 0 amide bonds. The lowest BCUT2D eigenvalue weighted by atomic mass is 9.75. The molecule has 0 spiro atoms. The van der Waals surface area contributed by atoms with Gasteiger partial charge in [-0.25, -0.2) is 0 Å². The number of hydrogen-bond acceptors (Lipinski definition) is 3. The fourth-order valence-electron chi connectivity index (χ4n) is 3.61. The minimum Gasteiger partial charge on any atom is -0.376 e. The normalized spacial score (nSPS) is 27.7. The Hall–Kier alpha value is -0.390.